The Balaban J connectivity index is 2.84. The molecule has 2 aromatic rings. The van der Waals surface area contributed by atoms with Gasteiger partial charge in [-0.15, -0.1) is 0 Å². The quantitative estimate of drug-likeness (QED) is 0.667. The molecule has 0 amide bonds. The van der Waals surface area contributed by atoms with Crippen molar-refractivity contribution in [2.45, 2.75) is 6.92 Å². The molecular formula is C9H8N2O3. The van der Waals surface area contributed by atoms with E-state index in [0.717, 1.165) is 16.5 Å². The van der Waals surface area contributed by atoms with Gasteiger partial charge in [-0.2, -0.15) is 4.73 Å². The van der Waals surface area contributed by atoms with E-state index < -0.39 is 5.97 Å². The van der Waals surface area contributed by atoms with Gasteiger partial charge in [-0.05, 0) is 18.6 Å². The van der Waals surface area contributed by atoms with Gasteiger partial charge in [0.05, 0.1) is 6.20 Å². The SMILES string of the molecule is Cc1cnc2c(C(=O)O)cn(O)c2c1. The van der Waals surface area contributed by atoms with Crippen LogP contribution in [0.3, 0.4) is 0 Å². The molecule has 2 aromatic heterocycles. The number of aromatic carboxylic acids is 1. The number of nitrogens with zero attached hydrogens (tertiary/aromatic N) is 2. The fourth-order valence-electron chi connectivity index (χ4n) is 1.35. The molecular weight excluding hydrogens is 184 g/mol. The Hall–Kier alpha value is -2.04. The second kappa shape index (κ2) is 2.73. The summed E-state index contributed by atoms with van der Waals surface area (Å²) in [6.07, 6.45) is 2.70. The van der Waals surface area contributed by atoms with Crippen LogP contribution in [0, 0.1) is 6.92 Å². The Bertz CT molecular complexity index is 516. The zero-order valence-electron chi connectivity index (χ0n) is 7.43. The number of pyridine rings is 1. The van der Waals surface area contributed by atoms with Crippen molar-refractivity contribution in [2.75, 3.05) is 0 Å². The largest absolute Gasteiger partial charge is 0.478 e. The molecule has 0 fully saturated rings. The second-order valence-electron chi connectivity index (χ2n) is 3.07. The first-order chi connectivity index (χ1) is 6.59. The maximum absolute atomic E-state index is 10.7. The number of carboxylic acid groups (broad SMARTS) is 1. The minimum absolute atomic E-state index is 0.00231. The molecule has 0 spiro atoms. The third-order valence-corrected chi connectivity index (χ3v) is 1.99. The highest BCUT2D eigenvalue weighted by molar-refractivity contribution is 6.01. The van der Waals surface area contributed by atoms with E-state index >= 15 is 0 Å². The molecule has 14 heavy (non-hydrogen) atoms. The molecule has 0 saturated heterocycles. The summed E-state index contributed by atoms with van der Waals surface area (Å²) < 4.78 is 0.777. The topological polar surface area (TPSA) is 75.3 Å². The third kappa shape index (κ3) is 1.10. The van der Waals surface area contributed by atoms with Crippen molar-refractivity contribution in [3.05, 3.63) is 29.6 Å². The number of hydrogen-bond acceptors (Lipinski definition) is 3. The van der Waals surface area contributed by atoms with Crippen LogP contribution in [0.4, 0.5) is 0 Å². The van der Waals surface area contributed by atoms with Crippen LogP contribution < -0.4 is 0 Å². The lowest BCUT2D eigenvalue weighted by atomic mass is 10.2. The van der Waals surface area contributed by atoms with E-state index in [1.165, 1.54) is 0 Å². The summed E-state index contributed by atoms with van der Waals surface area (Å²) in [5.41, 5.74) is 1.57. The van der Waals surface area contributed by atoms with Gasteiger partial charge < -0.3 is 10.3 Å². The Morgan fingerprint density at radius 2 is 2.29 bits per heavy atom. The van der Waals surface area contributed by atoms with E-state index in [9.17, 15) is 10.0 Å². The molecule has 5 nitrogen and oxygen atoms in total. The van der Waals surface area contributed by atoms with Crippen molar-refractivity contribution >= 4 is 17.0 Å². The first-order valence-corrected chi connectivity index (χ1v) is 4.00. The molecule has 0 aliphatic carbocycles. The molecule has 2 rings (SSSR count). The Morgan fingerprint density at radius 1 is 1.57 bits per heavy atom. The molecule has 0 bridgehead atoms. The molecule has 72 valence electrons. The zero-order valence-corrected chi connectivity index (χ0v) is 7.43. The highest BCUT2D eigenvalue weighted by Gasteiger charge is 2.14. The van der Waals surface area contributed by atoms with Gasteiger partial charge in [-0.3, -0.25) is 4.98 Å². The summed E-state index contributed by atoms with van der Waals surface area (Å²) >= 11 is 0. The van der Waals surface area contributed by atoms with Crippen molar-refractivity contribution in [1.82, 2.24) is 9.71 Å². The van der Waals surface area contributed by atoms with Crippen LogP contribution in [0.25, 0.3) is 11.0 Å². The number of aromatic nitrogens is 2. The summed E-state index contributed by atoms with van der Waals surface area (Å²) in [7, 11) is 0. The normalized spacial score (nSPS) is 10.6. The van der Waals surface area contributed by atoms with E-state index in [1.54, 1.807) is 12.3 Å². The van der Waals surface area contributed by atoms with Crippen molar-refractivity contribution in [3.63, 3.8) is 0 Å². The van der Waals surface area contributed by atoms with Crippen molar-refractivity contribution in [1.29, 1.82) is 0 Å². The van der Waals surface area contributed by atoms with E-state index in [0.29, 0.717) is 11.0 Å². The molecule has 5 heteroatoms. The Kier molecular flexibility index (Phi) is 1.67. The van der Waals surface area contributed by atoms with Crippen molar-refractivity contribution in [3.8, 4) is 0 Å². The van der Waals surface area contributed by atoms with Gasteiger partial charge in [0.15, 0.2) is 0 Å². The van der Waals surface area contributed by atoms with E-state index in [2.05, 4.69) is 4.98 Å². The predicted octanol–water partition coefficient (Wildman–Crippen LogP) is 1.28. The molecule has 0 aliphatic heterocycles. The molecule has 2 N–H and O–H groups in total. The van der Waals surface area contributed by atoms with E-state index in [-0.39, 0.29) is 5.56 Å². The Labute approximate surface area is 79.2 Å². The van der Waals surface area contributed by atoms with Gasteiger partial charge in [-0.1, -0.05) is 0 Å². The second-order valence-corrected chi connectivity index (χ2v) is 3.07. The predicted molar refractivity (Wildman–Crippen MR) is 48.6 cm³/mol. The van der Waals surface area contributed by atoms with E-state index in [4.69, 9.17) is 5.11 Å². The Morgan fingerprint density at radius 3 is 2.93 bits per heavy atom. The summed E-state index contributed by atoms with van der Waals surface area (Å²) in [6, 6.07) is 1.68. The standard InChI is InChI=1S/C9H8N2O3/c1-5-2-7-8(10-3-5)6(9(12)13)4-11(7)14/h2-4,14H,1H3,(H,12,13). The van der Waals surface area contributed by atoms with Gasteiger partial charge in [0.1, 0.15) is 16.6 Å². The number of hydrogen-bond donors (Lipinski definition) is 2. The molecule has 0 aliphatic rings. The molecule has 0 saturated carbocycles. The lowest BCUT2D eigenvalue weighted by Gasteiger charge is -1.95. The number of carbonyl (C=O) groups is 1. The first kappa shape index (κ1) is 8.55. The molecule has 0 unspecified atom stereocenters. The summed E-state index contributed by atoms with van der Waals surface area (Å²) in [6.45, 7) is 1.82. The zero-order chi connectivity index (χ0) is 10.3. The first-order valence-electron chi connectivity index (χ1n) is 4.00. The number of rotatable bonds is 1. The number of carboxylic acids is 1. The molecule has 0 radical (unpaired) electrons. The lowest BCUT2D eigenvalue weighted by Crippen LogP contribution is -1.95. The average Bonchev–Trinajstić information content (AvgIpc) is 2.44. The fraction of sp³-hybridized carbons (Fsp3) is 0.111. The van der Waals surface area contributed by atoms with Crippen LogP contribution in [0.1, 0.15) is 15.9 Å². The van der Waals surface area contributed by atoms with Crippen LogP contribution >= 0.6 is 0 Å². The van der Waals surface area contributed by atoms with Crippen LogP contribution in [0.5, 0.6) is 0 Å². The van der Waals surface area contributed by atoms with Gasteiger partial charge in [0.2, 0.25) is 0 Å². The highest BCUT2D eigenvalue weighted by Crippen LogP contribution is 2.18. The lowest BCUT2D eigenvalue weighted by molar-refractivity contribution is 0.0696. The van der Waals surface area contributed by atoms with Crippen molar-refractivity contribution in [2.24, 2.45) is 0 Å². The van der Waals surface area contributed by atoms with Gasteiger partial charge in [0.25, 0.3) is 0 Å². The van der Waals surface area contributed by atoms with Gasteiger partial charge in [-0.25, -0.2) is 4.79 Å². The minimum atomic E-state index is -1.10. The molecule has 2 heterocycles. The maximum Gasteiger partial charge on any atom is 0.339 e. The van der Waals surface area contributed by atoms with E-state index in [1.807, 2.05) is 6.92 Å². The summed E-state index contributed by atoms with van der Waals surface area (Å²) in [4.78, 5) is 14.7. The number of aryl methyl sites for hydroxylation is 1. The summed E-state index contributed by atoms with van der Waals surface area (Å²) in [5, 5.41) is 18.2. The minimum Gasteiger partial charge on any atom is -0.478 e. The highest BCUT2D eigenvalue weighted by atomic mass is 16.5. The van der Waals surface area contributed by atoms with Crippen LogP contribution in [0.2, 0.25) is 0 Å². The third-order valence-electron chi connectivity index (χ3n) is 1.99. The average molecular weight is 192 g/mol. The van der Waals surface area contributed by atoms with Crippen LogP contribution in [-0.4, -0.2) is 26.0 Å². The van der Waals surface area contributed by atoms with Crippen LogP contribution in [0.15, 0.2) is 18.5 Å². The maximum atomic E-state index is 10.7. The number of fused-ring (bicyclic) bond motifs is 1. The van der Waals surface area contributed by atoms with Gasteiger partial charge >= 0.3 is 5.97 Å². The molecule has 0 atom stereocenters. The van der Waals surface area contributed by atoms with Crippen LogP contribution in [-0.2, 0) is 0 Å². The van der Waals surface area contributed by atoms with Crippen molar-refractivity contribution < 1.29 is 15.1 Å². The smallest absolute Gasteiger partial charge is 0.339 e. The van der Waals surface area contributed by atoms with Gasteiger partial charge in [0, 0.05) is 6.20 Å². The summed E-state index contributed by atoms with van der Waals surface area (Å²) in [5.74, 6) is -1.10. The monoisotopic (exact) mass is 192 g/mol. The fourth-order valence-corrected chi connectivity index (χ4v) is 1.35. The molecule has 0 aromatic carbocycles.